The van der Waals surface area contributed by atoms with E-state index >= 15 is 0 Å². The molecule has 0 bridgehead atoms. The van der Waals surface area contributed by atoms with Crippen LogP contribution in [0, 0.1) is 15.9 Å². The zero-order valence-electron chi connectivity index (χ0n) is 14.1. The molecule has 26 heavy (non-hydrogen) atoms. The van der Waals surface area contributed by atoms with Gasteiger partial charge in [-0.1, -0.05) is 0 Å². The predicted octanol–water partition coefficient (Wildman–Crippen LogP) is 3.42. The Morgan fingerprint density at radius 1 is 1.31 bits per heavy atom. The molecule has 0 saturated carbocycles. The molecule has 0 aliphatic carbocycles. The number of rotatable bonds is 4. The lowest BCUT2D eigenvalue weighted by Gasteiger charge is -2.19. The third kappa shape index (κ3) is 3.58. The average Bonchev–Trinajstić information content (AvgIpc) is 2.83. The van der Waals surface area contributed by atoms with Crippen LogP contribution in [0.3, 0.4) is 0 Å². The van der Waals surface area contributed by atoms with Crippen molar-refractivity contribution < 1.29 is 18.8 Å². The standard InChI is InChI=1S/C18H18FN3O4/c1-20-15-6-5-12(22(24)25)10-14(15)18(23)21-16-3-2-8-26-17-7-4-11(19)9-13(16)17/h4-7,9-10,16,20H,2-3,8H2,1H3,(H,21,23)/t16-/m0/s1. The maximum atomic E-state index is 13.7. The molecule has 1 aliphatic heterocycles. The number of halogens is 1. The van der Waals surface area contributed by atoms with Gasteiger partial charge in [0.05, 0.1) is 23.1 Å². The van der Waals surface area contributed by atoms with E-state index in [1.165, 1.54) is 30.3 Å². The normalized spacial score (nSPS) is 16.0. The Morgan fingerprint density at radius 2 is 2.12 bits per heavy atom. The first-order chi connectivity index (χ1) is 12.5. The van der Waals surface area contributed by atoms with Gasteiger partial charge in [0, 0.05) is 30.4 Å². The van der Waals surface area contributed by atoms with E-state index in [-0.39, 0.29) is 11.3 Å². The summed E-state index contributed by atoms with van der Waals surface area (Å²) in [4.78, 5) is 23.2. The van der Waals surface area contributed by atoms with Crippen molar-refractivity contribution in [3.63, 3.8) is 0 Å². The Balaban J connectivity index is 1.92. The van der Waals surface area contributed by atoms with Gasteiger partial charge in [0.1, 0.15) is 11.6 Å². The molecule has 0 spiro atoms. The lowest BCUT2D eigenvalue weighted by atomic mass is 10.0. The molecule has 0 aromatic heterocycles. The van der Waals surface area contributed by atoms with E-state index in [0.29, 0.717) is 36.4 Å². The van der Waals surface area contributed by atoms with Crippen LogP contribution in [0.2, 0.25) is 0 Å². The number of benzene rings is 2. The number of hydrogen-bond acceptors (Lipinski definition) is 5. The number of ether oxygens (including phenoxy) is 1. The molecule has 3 rings (SSSR count). The largest absolute Gasteiger partial charge is 0.493 e. The summed E-state index contributed by atoms with van der Waals surface area (Å²) in [6.07, 6.45) is 1.26. The van der Waals surface area contributed by atoms with Gasteiger partial charge in [-0.2, -0.15) is 0 Å². The molecule has 2 aromatic rings. The second-order valence-corrected chi connectivity index (χ2v) is 5.94. The highest BCUT2D eigenvalue weighted by Gasteiger charge is 2.24. The summed E-state index contributed by atoms with van der Waals surface area (Å²) >= 11 is 0. The lowest BCUT2D eigenvalue weighted by molar-refractivity contribution is -0.384. The minimum absolute atomic E-state index is 0.157. The van der Waals surface area contributed by atoms with Gasteiger partial charge in [-0.05, 0) is 37.1 Å². The fraction of sp³-hybridized carbons (Fsp3) is 0.278. The smallest absolute Gasteiger partial charge is 0.270 e. The first kappa shape index (κ1) is 17.7. The summed E-state index contributed by atoms with van der Waals surface area (Å²) in [6, 6.07) is 7.78. The van der Waals surface area contributed by atoms with Crippen molar-refractivity contribution >= 4 is 17.3 Å². The Bertz CT molecular complexity index is 856. The van der Waals surface area contributed by atoms with E-state index < -0.39 is 22.7 Å². The van der Waals surface area contributed by atoms with Crippen LogP contribution in [0.1, 0.15) is 34.8 Å². The summed E-state index contributed by atoms with van der Waals surface area (Å²) in [6.45, 7) is 0.476. The van der Waals surface area contributed by atoms with Crippen molar-refractivity contribution in [1.29, 1.82) is 0 Å². The van der Waals surface area contributed by atoms with Gasteiger partial charge >= 0.3 is 0 Å². The third-order valence-electron chi connectivity index (χ3n) is 4.28. The minimum atomic E-state index is -0.555. The van der Waals surface area contributed by atoms with E-state index in [1.807, 2.05) is 0 Å². The number of nitrogens with zero attached hydrogens (tertiary/aromatic N) is 1. The van der Waals surface area contributed by atoms with Crippen molar-refractivity contribution in [2.45, 2.75) is 18.9 Å². The van der Waals surface area contributed by atoms with Gasteiger partial charge in [-0.3, -0.25) is 14.9 Å². The predicted molar refractivity (Wildman–Crippen MR) is 94.0 cm³/mol. The fourth-order valence-electron chi connectivity index (χ4n) is 2.99. The second-order valence-electron chi connectivity index (χ2n) is 5.94. The molecule has 1 heterocycles. The highest BCUT2D eigenvalue weighted by molar-refractivity contribution is 6.00. The summed E-state index contributed by atoms with van der Waals surface area (Å²) in [5.41, 5.74) is 1.01. The lowest BCUT2D eigenvalue weighted by Crippen LogP contribution is -2.29. The number of amides is 1. The van der Waals surface area contributed by atoms with Crippen LogP contribution in [0.5, 0.6) is 5.75 Å². The minimum Gasteiger partial charge on any atom is -0.493 e. The molecular weight excluding hydrogens is 341 g/mol. The van der Waals surface area contributed by atoms with Gasteiger partial charge in [-0.25, -0.2) is 4.39 Å². The molecule has 136 valence electrons. The number of nitro benzene ring substituents is 1. The SMILES string of the molecule is CNc1ccc([N+](=O)[O-])cc1C(=O)N[C@H]1CCCOc2ccc(F)cc21. The van der Waals surface area contributed by atoms with Crippen LogP contribution in [-0.4, -0.2) is 24.5 Å². The van der Waals surface area contributed by atoms with E-state index in [4.69, 9.17) is 4.74 Å². The number of non-ortho nitro benzene ring substituents is 1. The number of hydrogen-bond donors (Lipinski definition) is 2. The maximum absolute atomic E-state index is 13.7. The van der Waals surface area contributed by atoms with Crippen LogP contribution in [0.25, 0.3) is 0 Å². The van der Waals surface area contributed by atoms with Crippen LogP contribution >= 0.6 is 0 Å². The molecule has 0 fully saturated rings. The first-order valence-electron chi connectivity index (χ1n) is 8.19. The van der Waals surface area contributed by atoms with Gasteiger partial charge in [0.15, 0.2) is 0 Å². The average molecular weight is 359 g/mol. The van der Waals surface area contributed by atoms with Crippen molar-refractivity contribution in [1.82, 2.24) is 5.32 Å². The molecule has 2 N–H and O–H groups in total. The summed E-state index contributed by atoms with van der Waals surface area (Å²) < 4.78 is 19.3. The molecule has 7 nitrogen and oxygen atoms in total. The van der Waals surface area contributed by atoms with Crippen molar-refractivity contribution in [3.05, 3.63) is 63.5 Å². The molecule has 0 radical (unpaired) electrons. The monoisotopic (exact) mass is 359 g/mol. The maximum Gasteiger partial charge on any atom is 0.270 e. The van der Waals surface area contributed by atoms with E-state index in [9.17, 15) is 19.3 Å². The van der Waals surface area contributed by atoms with Crippen molar-refractivity contribution in [3.8, 4) is 5.75 Å². The van der Waals surface area contributed by atoms with Gasteiger partial charge in [0.25, 0.3) is 11.6 Å². The van der Waals surface area contributed by atoms with Gasteiger partial charge in [-0.15, -0.1) is 0 Å². The number of carbonyl (C=O) groups excluding carboxylic acids is 1. The fourth-order valence-corrected chi connectivity index (χ4v) is 2.99. The summed E-state index contributed by atoms with van der Waals surface area (Å²) in [7, 11) is 1.63. The first-order valence-corrected chi connectivity index (χ1v) is 8.19. The molecule has 8 heteroatoms. The van der Waals surface area contributed by atoms with Gasteiger partial charge in [0.2, 0.25) is 0 Å². The molecule has 1 aliphatic rings. The zero-order valence-corrected chi connectivity index (χ0v) is 14.1. The van der Waals surface area contributed by atoms with Gasteiger partial charge < -0.3 is 15.4 Å². The molecule has 1 amide bonds. The second kappa shape index (κ2) is 7.38. The number of nitro groups is 1. The molecule has 0 unspecified atom stereocenters. The van der Waals surface area contributed by atoms with E-state index in [1.54, 1.807) is 13.1 Å². The number of fused-ring (bicyclic) bond motifs is 1. The number of nitrogens with one attached hydrogen (secondary N) is 2. The van der Waals surface area contributed by atoms with Crippen LogP contribution in [0.4, 0.5) is 15.8 Å². The van der Waals surface area contributed by atoms with Crippen LogP contribution in [-0.2, 0) is 0 Å². The van der Waals surface area contributed by atoms with E-state index in [2.05, 4.69) is 10.6 Å². The molecular formula is C18H18FN3O4. The number of anilines is 1. The Labute approximate surface area is 149 Å². The Hall–Kier alpha value is -3.16. The topological polar surface area (TPSA) is 93.5 Å². The highest BCUT2D eigenvalue weighted by atomic mass is 19.1. The van der Waals surface area contributed by atoms with Crippen molar-refractivity contribution in [2.75, 3.05) is 19.0 Å². The quantitative estimate of drug-likeness (QED) is 0.644. The summed E-state index contributed by atoms with van der Waals surface area (Å²) in [5, 5.41) is 16.7. The Morgan fingerprint density at radius 3 is 2.85 bits per heavy atom. The van der Waals surface area contributed by atoms with E-state index in [0.717, 1.165) is 0 Å². The summed E-state index contributed by atoms with van der Waals surface area (Å²) in [5.74, 6) is -0.359. The van der Waals surface area contributed by atoms with Crippen molar-refractivity contribution in [2.24, 2.45) is 0 Å². The highest BCUT2D eigenvalue weighted by Crippen LogP contribution is 2.33. The molecule has 2 aromatic carbocycles. The third-order valence-corrected chi connectivity index (χ3v) is 4.28. The molecule has 1 atom stereocenters. The zero-order chi connectivity index (χ0) is 18.7. The Kier molecular flexibility index (Phi) is 5.01. The van der Waals surface area contributed by atoms with Crippen LogP contribution < -0.4 is 15.4 Å². The van der Waals surface area contributed by atoms with Crippen LogP contribution in [0.15, 0.2) is 36.4 Å². The number of carbonyl (C=O) groups is 1. The molecule has 0 saturated heterocycles.